The van der Waals surface area contributed by atoms with Crippen LogP contribution in [0.4, 0.5) is 5.82 Å². The molecule has 1 aromatic carbocycles. The van der Waals surface area contributed by atoms with Gasteiger partial charge in [0.25, 0.3) is 0 Å². The van der Waals surface area contributed by atoms with Crippen molar-refractivity contribution in [1.82, 2.24) is 14.6 Å². The fourth-order valence-electron chi connectivity index (χ4n) is 2.16. The monoisotopic (exact) mass is 287 g/mol. The van der Waals surface area contributed by atoms with Crippen LogP contribution in [0.25, 0.3) is 16.9 Å². The Morgan fingerprint density at radius 2 is 2.05 bits per heavy atom. The van der Waals surface area contributed by atoms with Crippen LogP contribution >= 0.6 is 11.6 Å². The summed E-state index contributed by atoms with van der Waals surface area (Å²) in [5.74, 6) is 6.33. The Labute approximate surface area is 121 Å². The molecule has 2 heterocycles. The normalized spacial score (nSPS) is 11.0. The molecule has 0 atom stereocenters. The van der Waals surface area contributed by atoms with Crippen molar-refractivity contribution in [3.8, 4) is 11.3 Å². The largest absolute Gasteiger partial charge is 0.308 e. The minimum Gasteiger partial charge on any atom is -0.308 e. The lowest BCUT2D eigenvalue weighted by molar-refractivity contribution is 0.916. The van der Waals surface area contributed by atoms with Gasteiger partial charge in [-0.3, -0.25) is 0 Å². The number of fused-ring (bicyclic) bond motifs is 1. The second kappa shape index (κ2) is 4.77. The fourth-order valence-corrected chi connectivity index (χ4v) is 2.35. The Balaban J connectivity index is 2.25. The number of aryl methyl sites for hydroxylation is 1. The highest BCUT2D eigenvalue weighted by molar-refractivity contribution is 6.30. The molecular formula is C14H14ClN5. The summed E-state index contributed by atoms with van der Waals surface area (Å²) in [5.41, 5.74) is 7.08. The van der Waals surface area contributed by atoms with E-state index in [0.29, 0.717) is 5.02 Å². The van der Waals surface area contributed by atoms with E-state index in [9.17, 15) is 0 Å². The van der Waals surface area contributed by atoms with Crippen LogP contribution in [-0.4, -0.2) is 14.6 Å². The minimum atomic E-state index is 0.678. The lowest BCUT2D eigenvalue weighted by atomic mass is 10.1. The molecule has 2 aromatic heterocycles. The summed E-state index contributed by atoms with van der Waals surface area (Å²) >= 11 is 6.02. The molecule has 0 spiro atoms. The maximum Gasteiger partial charge on any atom is 0.158 e. The molecule has 0 aliphatic rings. The van der Waals surface area contributed by atoms with Crippen LogP contribution < -0.4 is 11.3 Å². The van der Waals surface area contributed by atoms with E-state index < -0.39 is 0 Å². The first kappa shape index (κ1) is 12.9. The predicted octanol–water partition coefficient (Wildman–Crippen LogP) is 2.95. The first-order chi connectivity index (χ1) is 9.60. The Hall–Kier alpha value is -2.11. The molecule has 3 rings (SSSR count). The zero-order valence-corrected chi connectivity index (χ0v) is 11.9. The van der Waals surface area contributed by atoms with Crippen molar-refractivity contribution in [1.29, 1.82) is 0 Å². The smallest absolute Gasteiger partial charge is 0.158 e. The van der Waals surface area contributed by atoms with E-state index >= 15 is 0 Å². The van der Waals surface area contributed by atoms with Crippen molar-refractivity contribution in [2.45, 2.75) is 13.8 Å². The summed E-state index contributed by atoms with van der Waals surface area (Å²) in [6.45, 7) is 3.90. The molecule has 0 aliphatic heterocycles. The van der Waals surface area contributed by atoms with Crippen LogP contribution in [0.15, 0.2) is 30.3 Å². The lowest BCUT2D eigenvalue weighted by Crippen LogP contribution is -2.14. The summed E-state index contributed by atoms with van der Waals surface area (Å²) < 4.78 is 1.71. The van der Waals surface area contributed by atoms with Crippen LogP contribution in [0.3, 0.4) is 0 Å². The number of halogens is 1. The van der Waals surface area contributed by atoms with Gasteiger partial charge in [0.15, 0.2) is 5.65 Å². The van der Waals surface area contributed by atoms with Gasteiger partial charge in [0, 0.05) is 27.9 Å². The molecule has 20 heavy (non-hydrogen) atoms. The molecular weight excluding hydrogens is 274 g/mol. The quantitative estimate of drug-likeness (QED) is 0.562. The predicted molar refractivity (Wildman–Crippen MR) is 80.7 cm³/mol. The van der Waals surface area contributed by atoms with Crippen LogP contribution in [0, 0.1) is 13.8 Å². The van der Waals surface area contributed by atoms with Gasteiger partial charge in [0.1, 0.15) is 5.82 Å². The second-order valence-electron chi connectivity index (χ2n) is 4.63. The summed E-state index contributed by atoms with van der Waals surface area (Å²) in [6, 6.07) is 9.48. The SMILES string of the molecule is Cc1nc2cc(-c3cccc(Cl)c3)nn2c(NN)c1C. The van der Waals surface area contributed by atoms with Gasteiger partial charge in [-0.05, 0) is 26.0 Å². The lowest BCUT2D eigenvalue weighted by Gasteiger charge is -2.09. The van der Waals surface area contributed by atoms with Crippen LogP contribution in [0.1, 0.15) is 11.3 Å². The van der Waals surface area contributed by atoms with Gasteiger partial charge in [-0.15, -0.1) is 0 Å². The maximum absolute atomic E-state index is 6.02. The van der Waals surface area contributed by atoms with Crippen LogP contribution in [-0.2, 0) is 0 Å². The van der Waals surface area contributed by atoms with Crippen molar-refractivity contribution in [2.24, 2.45) is 5.84 Å². The molecule has 5 nitrogen and oxygen atoms in total. The number of hydrazine groups is 1. The molecule has 0 aliphatic carbocycles. The molecule has 0 saturated carbocycles. The number of nitrogens with one attached hydrogen (secondary N) is 1. The Bertz CT molecular complexity index is 794. The maximum atomic E-state index is 6.02. The molecule has 3 aromatic rings. The third-order valence-corrected chi connectivity index (χ3v) is 3.57. The first-order valence-corrected chi connectivity index (χ1v) is 6.57. The molecule has 6 heteroatoms. The minimum absolute atomic E-state index is 0.678. The Morgan fingerprint density at radius 1 is 1.25 bits per heavy atom. The Morgan fingerprint density at radius 3 is 2.75 bits per heavy atom. The number of hydrogen-bond donors (Lipinski definition) is 2. The first-order valence-electron chi connectivity index (χ1n) is 6.19. The van der Waals surface area contributed by atoms with Gasteiger partial charge in [0.2, 0.25) is 0 Å². The highest BCUT2D eigenvalue weighted by atomic mass is 35.5. The van der Waals surface area contributed by atoms with Crippen molar-refractivity contribution in [2.75, 3.05) is 5.43 Å². The van der Waals surface area contributed by atoms with Crippen LogP contribution in [0.5, 0.6) is 0 Å². The fraction of sp³-hybridized carbons (Fsp3) is 0.143. The number of hydrogen-bond acceptors (Lipinski definition) is 4. The van der Waals surface area contributed by atoms with Crippen LogP contribution in [0.2, 0.25) is 5.02 Å². The third-order valence-electron chi connectivity index (χ3n) is 3.34. The van der Waals surface area contributed by atoms with Crippen molar-refractivity contribution in [3.05, 3.63) is 46.6 Å². The molecule has 0 unspecified atom stereocenters. The van der Waals surface area contributed by atoms with E-state index in [-0.39, 0.29) is 0 Å². The van der Waals surface area contributed by atoms with E-state index in [1.54, 1.807) is 4.52 Å². The molecule has 3 N–H and O–H groups in total. The summed E-state index contributed by atoms with van der Waals surface area (Å²) in [4.78, 5) is 4.52. The highest BCUT2D eigenvalue weighted by Crippen LogP contribution is 2.25. The zero-order valence-electron chi connectivity index (χ0n) is 11.2. The van der Waals surface area contributed by atoms with Gasteiger partial charge in [-0.2, -0.15) is 9.61 Å². The molecule has 0 fully saturated rings. The molecule has 102 valence electrons. The molecule has 0 radical (unpaired) electrons. The number of nitrogens with zero attached hydrogens (tertiary/aromatic N) is 3. The van der Waals surface area contributed by atoms with E-state index in [1.165, 1.54) is 0 Å². The van der Waals surface area contributed by atoms with E-state index in [0.717, 1.165) is 34.0 Å². The van der Waals surface area contributed by atoms with Crippen molar-refractivity contribution in [3.63, 3.8) is 0 Å². The topological polar surface area (TPSA) is 68.2 Å². The Kier molecular flexibility index (Phi) is 3.08. The highest BCUT2D eigenvalue weighted by Gasteiger charge is 2.12. The number of nitrogen functional groups attached to an aromatic ring is 1. The van der Waals surface area contributed by atoms with Gasteiger partial charge >= 0.3 is 0 Å². The second-order valence-corrected chi connectivity index (χ2v) is 5.06. The van der Waals surface area contributed by atoms with Gasteiger partial charge < -0.3 is 5.43 Å². The number of rotatable bonds is 2. The van der Waals surface area contributed by atoms with Gasteiger partial charge in [-0.1, -0.05) is 23.7 Å². The average molecular weight is 288 g/mol. The standard InChI is InChI=1S/C14H14ClN5/c1-8-9(2)17-13-7-12(19-20(13)14(8)18-16)10-4-3-5-11(15)6-10/h3-7,18H,16H2,1-2H3. The van der Waals surface area contributed by atoms with E-state index in [1.807, 2.05) is 44.2 Å². The average Bonchev–Trinajstić information content (AvgIpc) is 2.83. The van der Waals surface area contributed by atoms with E-state index in [4.69, 9.17) is 17.4 Å². The third kappa shape index (κ3) is 2.01. The van der Waals surface area contributed by atoms with Crippen molar-refractivity contribution < 1.29 is 0 Å². The van der Waals surface area contributed by atoms with E-state index in [2.05, 4.69) is 15.5 Å². The number of anilines is 1. The van der Waals surface area contributed by atoms with Crippen molar-refractivity contribution >= 4 is 23.1 Å². The molecule has 0 bridgehead atoms. The number of aromatic nitrogens is 3. The van der Waals surface area contributed by atoms with Gasteiger partial charge in [0.05, 0.1) is 5.69 Å². The summed E-state index contributed by atoms with van der Waals surface area (Å²) in [6.07, 6.45) is 0. The van der Waals surface area contributed by atoms with Gasteiger partial charge in [-0.25, -0.2) is 10.8 Å². The zero-order chi connectivity index (χ0) is 14.3. The molecule has 0 amide bonds. The summed E-state index contributed by atoms with van der Waals surface area (Å²) in [7, 11) is 0. The number of benzene rings is 1. The summed E-state index contributed by atoms with van der Waals surface area (Å²) in [5, 5.41) is 5.23. The number of nitrogens with two attached hydrogens (primary N) is 1. The molecule has 0 saturated heterocycles.